The van der Waals surface area contributed by atoms with Crippen LogP contribution in [-0.2, 0) is 19.1 Å². The Bertz CT molecular complexity index is 514. The summed E-state index contributed by atoms with van der Waals surface area (Å²) in [5, 5.41) is 2.76. The third-order valence-corrected chi connectivity index (χ3v) is 4.56. The Morgan fingerprint density at radius 2 is 1.92 bits per heavy atom. The molecule has 1 unspecified atom stereocenters. The van der Waals surface area contributed by atoms with E-state index in [-0.39, 0.29) is 16.6 Å². The van der Waals surface area contributed by atoms with E-state index in [1.807, 2.05) is 34.6 Å². The van der Waals surface area contributed by atoms with Gasteiger partial charge in [0.25, 0.3) is 0 Å². The SMILES string of the molecule is C=CCNC(=O)C1N(C(=O)OC(C)(C)C)CSC1(C)C.CCOC(C)=O. The number of amides is 2. The van der Waals surface area contributed by atoms with Gasteiger partial charge < -0.3 is 14.8 Å². The molecule has 1 atom stereocenters. The molecular formula is C18H32N2O5S. The summed E-state index contributed by atoms with van der Waals surface area (Å²) in [5.41, 5.74) is -0.573. The van der Waals surface area contributed by atoms with Gasteiger partial charge in [0, 0.05) is 18.2 Å². The lowest BCUT2D eigenvalue weighted by atomic mass is 10.0. The second-order valence-corrected chi connectivity index (χ2v) is 8.79. The highest BCUT2D eigenvalue weighted by molar-refractivity contribution is 8.00. The van der Waals surface area contributed by atoms with Crippen LogP contribution < -0.4 is 5.32 Å². The third kappa shape index (κ3) is 8.60. The Balaban J connectivity index is 0.000000896. The molecule has 150 valence electrons. The fourth-order valence-corrected chi connectivity index (χ4v) is 3.29. The summed E-state index contributed by atoms with van der Waals surface area (Å²) in [6.07, 6.45) is 1.17. The Labute approximate surface area is 160 Å². The van der Waals surface area contributed by atoms with Crippen molar-refractivity contribution in [2.45, 2.75) is 64.9 Å². The van der Waals surface area contributed by atoms with Gasteiger partial charge in [-0.1, -0.05) is 6.08 Å². The minimum absolute atomic E-state index is 0.175. The minimum Gasteiger partial charge on any atom is -0.466 e. The number of ether oxygens (including phenoxy) is 2. The largest absolute Gasteiger partial charge is 0.466 e. The molecule has 0 aliphatic carbocycles. The van der Waals surface area contributed by atoms with Gasteiger partial charge in [0.2, 0.25) is 5.91 Å². The molecule has 1 fully saturated rings. The zero-order chi connectivity index (χ0) is 20.5. The van der Waals surface area contributed by atoms with Crippen LogP contribution in [0.5, 0.6) is 0 Å². The van der Waals surface area contributed by atoms with Crippen LogP contribution in [0, 0.1) is 0 Å². The lowest BCUT2D eigenvalue weighted by molar-refractivity contribution is -0.140. The highest BCUT2D eigenvalue weighted by Crippen LogP contribution is 2.39. The van der Waals surface area contributed by atoms with Gasteiger partial charge in [-0.3, -0.25) is 14.5 Å². The first-order valence-electron chi connectivity index (χ1n) is 8.51. The molecule has 1 heterocycles. The molecule has 0 saturated carbocycles. The summed E-state index contributed by atoms with van der Waals surface area (Å²) in [4.78, 5) is 35.8. The number of carbonyl (C=O) groups is 3. The van der Waals surface area contributed by atoms with Crippen molar-refractivity contribution in [1.29, 1.82) is 0 Å². The number of nitrogens with one attached hydrogen (secondary N) is 1. The number of hydrogen-bond donors (Lipinski definition) is 1. The predicted molar refractivity (Wildman–Crippen MR) is 104 cm³/mol. The van der Waals surface area contributed by atoms with E-state index in [4.69, 9.17) is 4.74 Å². The number of rotatable bonds is 4. The van der Waals surface area contributed by atoms with Crippen LogP contribution in [0.2, 0.25) is 0 Å². The topological polar surface area (TPSA) is 84.9 Å². The van der Waals surface area contributed by atoms with E-state index in [0.29, 0.717) is 19.0 Å². The van der Waals surface area contributed by atoms with E-state index in [1.165, 1.54) is 11.8 Å². The van der Waals surface area contributed by atoms with E-state index in [9.17, 15) is 14.4 Å². The second kappa shape index (κ2) is 10.4. The number of carbonyl (C=O) groups excluding carboxylic acids is 3. The molecule has 0 spiro atoms. The van der Waals surface area contributed by atoms with E-state index in [2.05, 4.69) is 16.6 Å². The fourth-order valence-electron chi connectivity index (χ4n) is 2.17. The maximum absolute atomic E-state index is 12.3. The molecule has 0 radical (unpaired) electrons. The first kappa shape index (κ1) is 24.3. The molecule has 0 aromatic carbocycles. The summed E-state index contributed by atoms with van der Waals surface area (Å²) in [6.45, 7) is 17.0. The van der Waals surface area contributed by atoms with Crippen LogP contribution in [0.3, 0.4) is 0 Å². The van der Waals surface area contributed by atoms with Crippen molar-refractivity contribution in [3.63, 3.8) is 0 Å². The molecule has 26 heavy (non-hydrogen) atoms. The van der Waals surface area contributed by atoms with Gasteiger partial charge in [-0.15, -0.1) is 18.3 Å². The second-order valence-electron chi connectivity index (χ2n) is 7.19. The van der Waals surface area contributed by atoms with Crippen molar-refractivity contribution in [3.8, 4) is 0 Å². The number of nitrogens with zero attached hydrogens (tertiary/aromatic N) is 1. The van der Waals surface area contributed by atoms with Gasteiger partial charge in [-0.05, 0) is 41.5 Å². The molecule has 1 N–H and O–H groups in total. The van der Waals surface area contributed by atoms with Crippen molar-refractivity contribution in [3.05, 3.63) is 12.7 Å². The molecule has 1 saturated heterocycles. The molecule has 8 heteroatoms. The molecule has 0 bridgehead atoms. The van der Waals surface area contributed by atoms with Crippen LogP contribution in [0.15, 0.2) is 12.7 Å². The first-order chi connectivity index (χ1) is 11.9. The lowest BCUT2D eigenvalue weighted by Crippen LogP contribution is -2.54. The molecule has 1 aliphatic rings. The monoisotopic (exact) mass is 388 g/mol. The third-order valence-electron chi connectivity index (χ3n) is 3.19. The normalized spacial score (nSPS) is 18.3. The summed E-state index contributed by atoms with van der Waals surface area (Å²) in [6, 6.07) is -0.540. The van der Waals surface area contributed by atoms with Crippen molar-refractivity contribution in [1.82, 2.24) is 10.2 Å². The van der Waals surface area contributed by atoms with Crippen molar-refractivity contribution < 1.29 is 23.9 Å². The quantitative estimate of drug-likeness (QED) is 0.589. The summed E-state index contributed by atoms with van der Waals surface area (Å²) < 4.78 is 9.43. The predicted octanol–water partition coefficient (Wildman–Crippen LogP) is 2.95. The molecule has 1 rings (SSSR count). The zero-order valence-electron chi connectivity index (χ0n) is 16.9. The van der Waals surface area contributed by atoms with E-state index < -0.39 is 17.7 Å². The number of hydrogen-bond acceptors (Lipinski definition) is 6. The van der Waals surface area contributed by atoms with Crippen LogP contribution in [0.4, 0.5) is 4.79 Å². The Morgan fingerprint density at radius 1 is 1.35 bits per heavy atom. The average molecular weight is 389 g/mol. The molecular weight excluding hydrogens is 356 g/mol. The van der Waals surface area contributed by atoms with Gasteiger partial charge in [0.05, 0.1) is 12.5 Å². The minimum atomic E-state index is -0.573. The molecule has 0 aromatic rings. The average Bonchev–Trinajstić information content (AvgIpc) is 2.79. The van der Waals surface area contributed by atoms with Gasteiger partial charge in [0.15, 0.2) is 0 Å². The Kier molecular flexibility index (Phi) is 9.77. The lowest BCUT2D eigenvalue weighted by Gasteiger charge is -2.31. The van der Waals surface area contributed by atoms with Crippen molar-refractivity contribution in [2.24, 2.45) is 0 Å². The van der Waals surface area contributed by atoms with E-state index in [1.54, 1.807) is 24.8 Å². The van der Waals surface area contributed by atoms with E-state index in [0.717, 1.165) is 0 Å². The number of thioether (sulfide) groups is 1. The van der Waals surface area contributed by atoms with Gasteiger partial charge in [0.1, 0.15) is 11.6 Å². The maximum Gasteiger partial charge on any atom is 0.411 e. The fraction of sp³-hybridized carbons (Fsp3) is 0.722. The van der Waals surface area contributed by atoms with Gasteiger partial charge in [-0.2, -0.15) is 0 Å². The molecule has 7 nitrogen and oxygen atoms in total. The smallest absolute Gasteiger partial charge is 0.411 e. The van der Waals surface area contributed by atoms with Crippen molar-refractivity contribution in [2.75, 3.05) is 19.0 Å². The number of esters is 1. The van der Waals surface area contributed by atoms with Crippen LogP contribution >= 0.6 is 11.8 Å². The highest BCUT2D eigenvalue weighted by atomic mass is 32.2. The first-order valence-corrected chi connectivity index (χ1v) is 9.49. The zero-order valence-corrected chi connectivity index (χ0v) is 17.7. The standard InChI is InChI=1S/C14H24N2O3S.C4H8O2/c1-7-8-15-11(17)10-14(5,6)20-9-16(10)12(18)19-13(2,3)4;1-3-6-4(2)5/h7,10H,1,8-9H2,2-6H3,(H,15,17);3H2,1-2H3. The van der Waals surface area contributed by atoms with E-state index >= 15 is 0 Å². The summed E-state index contributed by atoms with van der Waals surface area (Å²) in [7, 11) is 0. The Morgan fingerprint density at radius 3 is 2.31 bits per heavy atom. The van der Waals surface area contributed by atoms with Crippen LogP contribution in [-0.4, -0.2) is 58.3 Å². The van der Waals surface area contributed by atoms with Crippen molar-refractivity contribution >= 4 is 29.7 Å². The van der Waals surface area contributed by atoms with Crippen LogP contribution in [0.1, 0.15) is 48.5 Å². The molecule has 2 amide bonds. The van der Waals surface area contributed by atoms with Crippen LogP contribution in [0.25, 0.3) is 0 Å². The van der Waals surface area contributed by atoms with Gasteiger partial charge in [-0.25, -0.2) is 4.79 Å². The highest BCUT2D eigenvalue weighted by Gasteiger charge is 2.48. The maximum atomic E-state index is 12.3. The summed E-state index contributed by atoms with van der Waals surface area (Å²) in [5.74, 6) is 0.0666. The molecule has 1 aliphatic heterocycles. The summed E-state index contributed by atoms with van der Waals surface area (Å²) >= 11 is 1.57. The Hall–Kier alpha value is -1.70. The molecule has 0 aromatic heterocycles. The van der Waals surface area contributed by atoms with Gasteiger partial charge >= 0.3 is 12.1 Å².